The number of thiazole rings is 1. The summed E-state index contributed by atoms with van der Waals surface area (Å²) in [6.45, 7) is 0.504. The van der Waals surface area contributed by atoms with Crippen LogP contribution < -0.4 is 5.32 Å². The standard InChI is InChI=1S/C19H16N6OS/c26-18(14-4-1-5-16(12-14)25-11-3-9-23-25)22-10-6-15-13-27-19(24-15)17-20-7-2-8-21-17/h1-5,7-9,11-13H,6,10H2,(H,22,26). The molecule has 0 atom stereocenters. The molecule has 8 heteroatoms. The van der Waals surface area contributed by atoms with E-state index in [2.05, 4.69) is 25.4 Å². The van der Waals surface area contributed by atoms with Gasteiger partial charge in [0.15, 0.2) is 10.8 Å². The number of carbonyl (C=O) groups is 1. The SMILES string of the molecule is O=C(NCCc1csc(-c2ncccn2)n1)c1cccc(-n2cccn2)c1. The normalized spacial score (nSPS) is 10.7. The lowest BCUT2D eigenvalue weighted by molar-refractivity contribution is 0.0954. The van der Waals surface area contributed by atoms with Crippen LogP contribution >= 0.6 is 11.3 Å². The van der Waals surface area contributed by atoms with Gasteiger partial charge in [0.05, 0.1) is 11.4 Å². The van der Waals surface area contributed by atoms with Crippen molar-refractivity contribution in [2.45, 2.75) is 6.42 Å². The highest BCUT2D eigenvalue weighted by atomic mass is 32.1. The Morgan fingerprint density at radius 1 is 1.11 bits per heavy atom. The Balaban J connectivity index is 1.35. The first kappa shape index (κ1) is 17.0. The summed E-state index contributed by atoms with van der Waals surface area (Å²) in [7, 11) is 0. The summed E-state index contributed by atoms with van der Waals surface area (Å²) in [5, 5.41) is 9.87. The van der Waals surface area contributed by atoms with Crippen LogP contribution in [-0.4, -0.2) is 37.2 Å². The number of hydrogen-bond acceptors (Lipinski definition) is 6. The summed E-state index contributed by atoms with van der Waals surface area (Å²) < 4.78 is 1.72. The van der Waals surface area contributed by atoms with Crippen molar-refractivity contribution < 1.29 is 4.79 Å². The maximum absolute atomic E-state index is 12.4. The number of amides is 1. The van der Waals surface area contributed by atoms with Crippen LogP contribution in [0, 0.1) is 0 Å². The number of hydrogen-bond donors (Lipinski definition) is 1. The van der Waals surface area contributed by atoms with E-state index in [1.165, 1.54) is 11.3 Å². The zero-order valence-electron chi connectivity index (χ0n) is 14.3. The third-order valence-electron chi connectivity index (χ3n) is 3.85. The van der Waals surface area contributed by atoms with Gasteiger partial charge in [0.1, 0.15) is 0 Å². The summed E-state index contributed by atoms with van der Waals surface area (Å²) in [6, 6.07) is 11.0. The van der Waals surface area contributed by atoms with Crippen molar-refractivity contribution in [3.63, 3.8) is 0 Å². The Morgan fingerprint density at radius 2 is 2.00 bits per heavy atom. The van der Waals surface area contributed by atoms with E-state index < -0.39 is 0 Å². The lowest BCUT2D eigenvalue weighted by atomic mass is 10.2. The van der Waals surface area contributed by atoms with E-state index in [1.807, 2.05) is 35.8 Å². The lowest BCUT2D eigenvalue weighted by Crippen LogP contribution is -2.25. The molecule has 0 radical (unpaired) electrons. The van der Waals surface area contributed by atoms with Crippen LogP contribution in [0.2, 0.25) is 0 Å². The Labute approximate surface area is 159 Å². The molecule has 4 aromatic rings. The summed E-state index contributed by atoms with van der Waals surface area (Å²) in [4.78, 5) is 25.3. The smallest absolute Gasteiger partial charge is 0.251 e. The van der Waals surface area contributed by atoms with Crippen molar-refractivity contribution in [3.8, 4) is 16.5 Å². The monoisotopic (exact) mass is 376 g/mol. The van der Waals surface area contributed by atoms with Gasteiger partial charge in [0, 0.05) is 48.7 Å². The highest BCUT2D eigenvalue weighted by Crippen LogP contribution is 2.19. The van der Waals surface area contributed by atoms with Gasteiger partial charge >= 0.3 is 0 Å². The molecule has 134 valence electrons. The Morgan fingerprint density at radius 3 is 2.81 bits per heavy atom. The molecular weight excluding hydrogens is 360 g/mol. The maximum atomic E-state index is 12.4. The van der Waals surface area contributed by atoms with Crippen molar-refractivity contribution in [1.29, 1.82) is 0 Å². The fourth-order valence-electron chi connectivity index (χ4n) is 2.55. The van der Waals surface area contributed by atoms with Crippen LogP contribution in [-0.2, 0) is 6.42 Å². The van der Waals surface area contributed by atoms with E-state index in [9.17, 15) is 4.79 Å². The second-order valence-corrected chi connectivity index (χ2v) is 6.58. The van der Waals surface area contributed by atoms with Gasteiger partial charge in [-0.3, -0.25) is 4.79 Å². The molecule has 0 aliphatic rings. The first-order valence-corrected chi connectivity index (χ1v) is 9.27. The zero-order valence-corrected chi connectivity index (χ0v) is 15.1. The van der Waals surface area contributed by atoms with E-state index in [1.54, 1.807) is 35.4 Å². The second-order valence-electron chi connectivity index (χ2n) is 5.72. The summed E-state index contributed by atoms with van der Waals surface area (Å²) in [5.74, 6) is 0.499. The number of benzene rings is 1. The average Bonchev–Trinajstić information content (AvgIpc) is 3.41. The topological polar surface area (TPSA) is 85.6 Å². The summed E-state index contributed by atoms with van der Waals surface area (Å²) in [5.41, 5.74) is 2.35. The molecule has 1 N–H and O–H groups in total. The third kappa shape index (κ3) is 4.06. The molecule has 7 nitrogen and oxygen atoms in total. The second kappa shape index (κ2) is 7.88. The molecule has 0 unspecified atom stereocenters. The van der Waals surface area contributed by atoms with Crippen LogP contribution in [0.1, 0.15) is 16.1 Å². The largest absolute Gasteiger partial charge is 0.352 e. The van der Waals surface area contributed by atoms with Crippen LogP contribution in [0.25, 0.3) is 16.5 Å². The van der Waals surface area contributed by atoms with Crippen molar-refractivity contribution in [1.82, 2.24) is 30.0 Å². The number of carbonyl (C=O) groups excluding carboxylic acids is 1. The molecule has 4 rings (SSSR count). The molecule has 0 aliphatic heterocycles. The van der Waals surface area contributed by atoms with Gasteiger partial charge in [-0.05, 0) is 30.3 Å². The summed E-state index contributed by atoms with van der Waals surface area (Å²) in [6.07, 6.45) is 7.58. The van der Waals surface area contributed by atoms with Crippen molar-refractivity contribution in [2.24, 2.45) is 0 Å². The third-order valence-corrected chi connectivity index (χ3v) is 4.74. The number of nitrogens with one attached hydrogen (secondary N) is 1. The molecule has 1 aromatic carbocycles. The van der Waals surface area contributed by atoms with Crippen LogP contribution in [0.5, 0.6) is 0 Å². The van der Waals surface area contributed by atoms with E-state index in [-0.39, 0.29) is 5.91 Å². The molecule has 0 saturated heterocycles. The molecule has 1 amide bonds. The number of aromatic nitrogens is 5. The molecule has 0 fully saturated rings. The molecule has 0 saturated carbocycles. The molecule has 3 aromatic heterocycles. The average molecular weight is 376 g/mol. The first-order valence-electron chi connectivity index (χ1n) is 8.40. The summed E-state index contributed by atoms with van der Waals surface area (Å²) >= 11 is 1.50. The van der Waals surface area contributed by atoms with E-state index in [4.69, 9.17) is 0 Å². The van der Waals surface area contributed by atoms with Crippen LogP contribution in [0.4, 0.5) is 0 Å². The number of nitrogens with zero attached hydrogens (tertiary/aromatic N) is 5. The van der Waals surface area contributed by atoms with Gasteiger partial charge in [0.25, 0.3) is 5.91 Å². The van der Waals surface area contributed by atoms with Gasteiger partial charge in [-0.1, -0.05) is 6.07 Å². The fourth-order valence-corrected chi connectivity index (χ4v) is 3.35. The highest BCUT2D eigenvalue weighted by Gasteiger charge is 2.09. The van der Waals surface area contributed by atoms with Gasteiger partial charge in [-0.25, -0.2) is 19.6 Å². The molecule has 27 heavy (non-hydrogen) atoms. The minimum Gasteiger partial charge on any atom is -0.352 e. The number of rotatable bonds is 6. The van der Waals surface area contributed by atoms with Gasteiger partial charge in [0.2, 0.25) is 0 Å². The minimum absolute atomic E-state index is 0.120. The molecule has 0 bridgehead atoms. The van der Waals surface area contributed by atoms with Crippen molar-refractivity contribution in [2.75, 3.05) is 6.54 Å². The predicted molar refractivity (Wildman–Crippen MR) is 103 cm³/mol. The minimum atomic E-state index is -0.120. The Bertz CT molecular complexity index is 1030. The Kier molecular flexibility index (Phi) is 4.97. The van der Waals surface area contributed by atoms with Crippen LogP contribution in [0.15, 0.2) is 66.6 Å². The molecule has 0 aliphatic carbocycles. The van der Waals surface area contributed by atoms with Gasteiger partial charge < -0.3 is 5.32 Å². The predicted octanol–water partition coefficient (Wildman–Crippen LogP) is 2.76. The highest BCUT2D eigenvalue weighted by molar-refractivity contribution is 7.13. The first-order chi connectivity index (χ1) is 13.3. The van der Waals surface area contributed by atoms with E-state index >= 15 is 0 Å². The van der Waals surface area contributed by atoms with E-state index in [0.717, 1.165) is 16.4 Å². The quantitative estimate of drug-likeness (QED) is 0.559. The Hall–Kier alpha value is -3.39. The van der Waals surface area contributed by atoms with Crippen molar-refractivity contribution in [3.05, 3.63) is 77.8 Å². The maximum Gasteiger partial charge on any atom is 0.251 e. The van der Waals surface area contributed by atoms with Gasteiger partial charge in [-0.15, -0.1) is 11.3 Å². The fraction of sp³-hybridized carbons (Fsp3) is 0.105. The van der Waals surface area contributed by atoms with Crippen LogP contribution in [0.3, 0.4) is 0 Å². The van der Waals surface area contributed by atoms with E-state index in [0.29, 0.717) is 24.4 Å². The molecule has 0 spiro atoms. The zero-order chi connectivity index (χ0) is 18.5. The van der Waals surface area contributed by atoms with Gasteiger partial charge in [-0.2, -0.15) is 5.10 Å². The van der Waals surface area contributed by atoms with Crippen molar-refractivity contribution >= 4 is 17.2 Å². The molecular formula is C19H16N6OS. The molecule has 3 heterocycles. The lowest BCUT2D eigenvalue weighted by Gasteiger charge is -2.06.